The number of amides is 3. The number of nitrogens with zero attached hydrogens (tertiary/aromatic N) is 1. The number of carbonyl (C=O) groups is 3. The predicted molar refractivity (Wildman–Crippen MR) is 109 cm³/mol. The monoisotopic (exact) mass is 443 g/mol. The fourth-order valence-electron chi connectivity index (χ4n) is 3.64. The number of nitrogens with one attached hydrogen (secondary N) is 2. The number of esters is 1. The zero-order valence-electron chi connectivity index (χ0n) is 17.0. The van der Waals surface area contributed by atoms with Gasteiger partial charge in [-0.1, -0.05) is 18.2 Å². The van der Waals surface area contributed by atoms with Gasteiger partial charge in [-0.15, -0.1) is 0 Å². The first-order chi connectivity index (χ1) is 15.4. The molecule has 4 rings (SSSR count). The lowest BCUT2D eigenvalue weighted by Crippen LogP contribution is -2.49. The third-order valence-electron chi connectivity index (χ3n) is 5.03. The van der Waals surface area contributed by atoms with Gasteiger partial charge in [0, 0.05) is 11.6 Å². The van der Waals surface area contributed by atoms with Crippen LogP contribution in [0.1, 0.15) is 18.5 Å². The second-order valence-electron chi connectivity index (χ2n) is 7.05. The molecule has 2 aromatic carbocycles. The van der Waals surface area contributed by atoms with Crippen molar-refractivity contribution in [1.29, 1.82) is 0 Å². The normalized spacial score (nSPS) is 17.6. The molecule has 32 heavy (non-hydrogen) atoms. The minimum atomic E-state index is -0.824. The quantitative estimate of drug-likeness (QED) is 0.670. The lowest BCUT2D eigenvalue weighted by Gasteiger charge is -2.33. The number of hydrogen-bond acceptors (Lipinski definition) is 5. The van der Waals surface area contributed by atoms with Crippen molar-refractivity contribution in [3.63, 3.8) is 0 Å². The van der Waals surface area contributed by atoms with Gasteiger partial charge in [0.25, 0.3) is 0 Å². The fourth-order valence-corrected chi connectivity index (χ4v) is 3.64. The maximum Gasteiger partial charge on any atom is 0.338 e. The highest BCUT2D eigenvalue weighted by molar-refractivity contribution is 6.00. The van der Waals surface area contributed by atoms with E-state index in [1.165, 1.54) is 0 Å². The van der Waals surface area contributed by atoms with E-state index in [-0.39, 0.29) is 23.6 Å². The van der Waals surface area contributed by atoms with E-state index in [2.05, 4.69) is 10.6 Å². The first kappa shape index (κ1) is 21.3. The topological polar surface area (TPSA) is 97.0 Å². The molecule has 0 bridgehead atoms. The van der Waals surface area contributed by atoms with Gasteiger partial charge in [-0.2, -0.15) is 0 Å². The molecule has 0 aliphatic carbocycles. The van der Waals surface area contributed by atoms with Gasteiger partial charge < -0.3 is 20.1 Å². The summed E-state index contributed by atoms with van der Waals surface area (Å²) in [7, 11) is 0. The second-order valence-corrected chi connectivity index (χ2v) is 7.05. The Hall–Kier alpha value is -3.95. The summed E-state index contributed by atoms with van der Waals surface area (Å²) in [6.07, 6.45) is 0. The van der Waals surface area contributed by atoms with Crippen LogP contribution in [0.5, 0.6) is 5.75 Å². The van der Waals surface area contributed by atoms with Crippen molar-refractivity contribution in [2.45, 2.75) is 13.0 Å². The molecule has 2 heterocycles. The van der Waals surface area contributed by atoms with Crippen LogP contribution in [-0.2, 0) is 14.3 Å². The summed E-state index contributed by atoms with van der Waals surface area (Å²) in [4.78, 5) is 38.9. The van der Waals surface area contributed by atoms with E-state index >= 15 is 0 Å². The lowest BCUT2D eigenvalue weighted by molar-refractivity contribution is -0.136. The van der Waals surface area contributed by atoms with Crippen molar-refractivity contribution in [2.75, 3.05) is 25.1 Å². The summed E-state index contributed by atoms with van der Waals surface area (Å²) < 4.78 is 37.9. The number of benzene rings is 2. The molecule has 0 saturated heterocycles. The maximum absolute atomic E-state index is 13.8. The molecular formula is C22H19F2N3O5. The van der Waals surface area contributed by atoms with Crippen LogP contribution in [0.15, 0.2) is 53.7 Å². The van der Waals surface area contributed by atoms with Crippen LogP contribution in [0.3, 0.4) is 0 Å². The molecule has 10 heteroatoms. The smallest absolute Gasteiger partial charge is 0.338 e. The molecule has 0 radical (unpaired) electrons. The number of ether oxygens (including phenoxy) is 2. The summed E-state index contributed by atoms with van der Waals surface area (Å²) in [5.41, 5.74) is 0.621. The molecule has 166 valence electrons. The average Bonchev–Trinajstić information content (AvgIpc) is 3.15. The molecule has 0 spiro atoms. The molecule has 1 atom stereocenters. The van der Waals surface area contributed by atoms with Gasteiger partial charge in [-0.25, -0.2) is 18.4 Å². The van der Waals surface area contributed by atoms with E-state index in [0.717, 1.165) is 23.1 Å². The lowest BCUT2D eigenvalue weighted by atomic mass is 9.95. The highest BCUT2D eigenvalue weighted by Gasteiger charge is 2.43. The van der Waals surface area contributed by atoms with E-state index in [1.807, 2.05) is 6.92 Å². The largest absolute Gasteiger partial charge is 0.494 e. The molecule has 0 aromatic heterocycles. The van der Waals surface area contributed by atoms with E-state index in [9.17, 15) is 23.2 Å². The minimum absolute atomic E-state index is 0.182. The number of carbonyl (C=O) groups excluding carboxylic acids is 3. The van der Waals surface area contributed by atoms with Crippen molar-refractivity contribution in [3.8, 4) is 5.75 Å². The number of hydrogen-bond donors (Lipinski definition) is 2. The predicted octanol–water partition coefficient (Wildman–Crippen LogP) is 2.88. The Kier molecular flexibility index (Phi) is 5.76. The number of cyclic esters (lactones) is 1. The third-order valence-corrected chi connectivity index (χ3v) is 5.03. The average molecular weight is 443 g/mol. The zero-order valence-corrected chi connectivity index (χ0v) is 17.0. The standard InChI is InChI=1S/C22H19F2N3O5/c1-2-31-17-6-4-3-5-13(17)20-19-16(11-32-21(19)29)27(22(30)26-20)10-18(28)25-15-9-12(23)7-8-14(15)24/h3-9,20H,2,10-11H2,1H3,(H,25,28)(H,26,30)/t20-/m1/s1. The first-order valence-electron chi connectivity index (χ1n) is 9.83. The SMILES string of the molecule is CCOc1ccccc1[C@H]1NC(=O)N(CC(=O)Nc2cc(F)ccc2F)C2=C1C(=O)OC2. The maximum atomic E-state index is 13.8. The number of rotatable bonds is 6. The van der Waals surface area contributed by atoms with Crippen LogP contribution in [0, 0.1) is 11.6 Å². The Morgan fingerprint density at radius 1 is 1.25 bits per heavy atom. The fraction of sp³-hybridized carbons (Fsp3) is 0.227. The van der Waals surface area contributed by atoms with E-state index in [4.69, 9.17) is 9.47 Å². The Balaban J connectivity index is 1.62. The Morgan fingerprint density at radius 3 is 2.81 bits per heavy atom. The van der Waals surface area contributed by atoms with Crippen LogP contribution < -0.4 is 15.4 Å². The molecule has 0 unspecified atom stereocenters. The van der Waals surface area contributed by atoms with Crippen LogP contribution in [0.25, 0.3) is 0 Å². The Labute approximate surface area is 181 Å². The van der Waals surface area contributed by atoms with E-state index in [1.54, 1.807) is 24.3 Å². The number of urea groups is 1. The molecule has 2 aliphatic heterocycles. The van der Waals surface area contributed by atoms with Crippen molar-refractivity contribution >= 4 is 23.6 Å². The van der Waals surface area contributed by atoms with Crippen molar-refractivity contribution in [3.05, 3.63) is 70.9 Å². The summed E-state index contributed by atoms with van der Waals surface area (Å²) in [6.45, 7) is 1.47. The Morgan fingerprint density at radius 2 is 2.03 bits per heavy atom. The van der Waals surface area contributed by atoms with Gasteiger partial charge in [0.15, 0.2) is 0 Å². The van der Waals surface area contributed by atoms with E-state index in [0.29, 0.717) is 17.9 Å². The molecule has 2 aromatic rings. The van der Waals surface area contributed by atoms with Gasteiger partial charge in [0.1, 0.15) is 30.5 Å². The van der Waals surface area contributed by atoms with Crippen LogP contribution in [0.2, 0.25) is 0 Å². The molecule has 8 nitrogen and oxygen atoms in total. The summed E-state index contributed by atoms with van der Waals surface area (Å²) in [5, 5.41) is 4.94. The molecule has 0 saturated carbocycles. The molecule has 2 aliphatic rings. The minimum Gasteiger partial charge on any atom is -0.494 e. The molecule has 2 N–H and O–H groups in total. The van der Waals surface area contributed by atoms with Gasteiger partial charge in [-0.05, 0) is 25.1 Å². The summed E-state index contributed by atoms with van der Waals surface area (Å²) in [6, 6.07) is 8.12. The summed E-state index contributed by atoms with van der Waals surface area (Å²) in [5.74, 6) is -2.45. The highest BCUT2D eigenvalue weighted by Crippen LogP contribution is 2.38. The van der Waals surface area contributed by atoms with Crippen LogP contribution >= 0.6 is 0 Å². The van der Waals surface area contributed by atoms with E-state index < -0.39 is 42.1 Å². The van der Waals surface area contributed by atoms with Gasteiger partial charge in [-0.3, -0.25) is 9.69 Å². The number of halogens is 2. The molecular weight excluding hydrogens is 424 g/mol. The van der Waals surface area contributed by atoms with Crippen molar-refractivity contribution < 1.29 is 32.6 Å². The third kappa shape index (κ3) is 3.98. The zero-order chi connectivity index (χ0) is 22.8. The first-order valence-corrected chi connectivity index (χ1v) is 9.83. The van der Waals surface area contributed by atoms with Crippen LogP contribution in [0.4, 0.5) is 19.3 Å². The number of anilines is 1. The van der Waals surface area contributed by atoms with Gasteiger partial charge >= 0.3 is 12.0 Å². The van der Waals surface area contributed by atoms with Crippen molar-refractivity contribution in [2.24, 2.45) is 0 Å². The van der Waals surface area contributed by atoms with Crippen molar-refractivity contribution in [1.82, 2.24) is 10.2 Å². The van der Waals surface area contributed by atoms with Crippen LogP contribution in [-0.4, -0.2) is 42.6 Å². The van der Waals surface area contributed by atoms with Gasteiger partial charge in [0.2, 0.25) is 5.91 Å². The summed E-state index contributed by atoms with van der Waals surface area (Å²) >= 11 is 0. The molecule has 3 amide bonds. The molecule has 0 fully saturated rings. The Bertz CT molecular complexity index is 1130. The highest BCUT2D eigenvalue weighted by atomic mass is 19.1. The second kappa shape index (κ2) is 8.66. The van der Waals surface area contributed by atoms with Gasteiger partial charge in [0.05, 0.1) is 29.6 Å². The number of para-hydroxylation sites is 1.